The summed E-state index contributed by atoms with van der Waals surface area (Å²) in [5, 5.41) is 0. The van der Waals surface area contributed by atoms with E-state index in [0.717, 1.165) is 11.1 Å². The fourth-order valence-corrected chi connectivity index (χ4v) is 2.73. The van der Waals surface area contributed by atoms with Gasteiger partial charge in [0.2, 0.25) is 5.90 Å². The topological polar surface area (TPSA) is 83.4 Å². The molecule has 1 heterocycles. The van der Waals surface area contributed by atoms with Gasteiger partial charge in [-0.05, 0) is 56.7 Å². The Morgan fingerprint density at radius 2 is 1.80 bits per heavy atom. The average molecular weight is 409 g/mol. The van der Waals surface area contributed by atoms with Crippen LogP contribution in [0.15, 0.2) is 53.2 Å². The number of carbonyl (C=O) groups excluding carboxylic acids is 2. The average Bonchev–Trinajstić information content (AvgIpc) is 3.08. The first-order valence-corrected chi connectivity index (χ1v) is 9.65. The summed E-state index contributed by atoms with van der Waals surface area (Å²) in [7, 11) is 0. The molecule has 156 valence electrons. The number of rotatable bonds is 8. The van der Waals surface area contributed by atoms with Crippen molar-refractivity contribution in [2.45, 2.75) is 20.8 Å². The summed E-state index contributed by atoms with van der Waals surface area (Å²) >= 11 is 0. The zero-order valence-electron chi connectivity index (χ0n) is 17.1. The maximum absolute atomic E-state index is 12.2. The molecule has 2 aromatic rings. The summed E-state index contributed by atoms with van der Waals surface area (Å²) < 4.78 is 21.3. The number of hydrogen-bond donors (Lipinski definition) is 0. The van der Waals surface area contributed by atoms with Crippen LogP contribution >= 0.6 is 0 Å². The van der Waals surface area contributed by atoms with Crippen LogP contribution in [-0.4, -0.2) is 37.7 Å². The maximum Gasteiger partial charge on any atom is 0.363 e. The second-order valence-electron chi connectivity index (χ2n) is 6.43. The molecule has 0 bridgehead atoms. The molecule has 0 radical (unpaired) electrons. The number of cyclic esters (lactones) is 1. The van der Waals surface area contributed by atoms with Gasteiger partial charge in [-0.25, -0.2) is 14.6 Å². The van der Waals surface area contributed by atoms with E-state index in [-0.39, 0.29) is 24.8 Å². The van der Waals surface area contributed by atoms with Crippen molar-refractivity contribution in [3.63, 3.8) is 0 Å². The van der Waals surface area contributed by atoms with Crippen molar-refractivity contribution in [2.24, 2.45) is 4.99 Å². The monoisotopic (exact) mass is 409 g/mol. The van der Waals surface area contributed by atoms with E-state index in [2.05, 4.69) is 4.99 Å². The molecule has 7 nitrogen and oxygen atoms in total. The summed E-state index contributed by atoms with van der Waals surface area (Å²) in [6.45, 7) is 6.03. The van der Waals surface area contributed by atoms with Gasteiger partial charge in [0.15, 0.2) is 23.8 Å². The molecule has 0 aromatic heterocycles. The highest BCUT2D eigenvalue weighted by molar-refractivity contribution is 6.12. The first-order valence-electron chi connectivity index (χ1n) is 9.65. The Balaban J connectivity index is 1.81. The molecule has 0 amide bonds. The van der Waals surface area contributed by atoms with Gasteiger partial charge in [-0.15, -0.1) is 0 Å². The van der Waals surface area contributed by atoms with E-state index in [1.54, 1.807) is 31.2 Å². The summed E-state index contributed by atoms with van der Waals surface area (Å²) in [6, 6.07) is 12.7. The third-order valence-electron chi connectivity index (χ3n) is 4.14. The number of hydrogen-bond acceptors (Lipinski definition) is 7. The quantitative estimate of drug-likeness (QED) is 0.489. The van der Waals surface area contributed by atoms with Crippen LogP contribution in [0.25, 0.3) is 6.08 Å². The predicted octanol–water partition coefficient (Wildman–Crippen LogP) is 3.68. The summed E-state index contributed by atoms with van der Waals surface area (Å²) in [4.78, 5) is 28.1. The maximum atomic E-state index is 12.2. The number of nitrogens with zero attached hydrogens (tertiary/aromatic N) is 1. The Morgan fingerprint density at radius 1 is 1.03 bits per heavy atom. The number of carbonyl (C=O) groups is 2. The van der Waals surface area contributed by atoms with E-state index in [4.69, 9.17) is 18.9 Å². The van der Waals surface area contributed by atoms with Crippen molar-refractivity contribution < 1.29 is 28.5 Å². The SMILES string of the molecule is CCOC(=O)COc1ccc(/C=C2\N=C(c3ccc(C)cc3)OC2=O)cc1OCC. The van der Waals surface area contributed by atoms with E-state index in [1.807, 2.05) is 38.1 Å². The largest absolute Gasteiger partial charge is 0.490 e. The predicted molar refractivity (Wildman–Crippen MR) is 112 cm³/mol. The second-order valence-corrected chi connectivity index (χ2v) is 6.43. The molecule has 3 rings (SSSR count). The molecule has 0 atom stereocenters. The number of ether oxygens (including phenoxy) is 4. The van der Waals surface area contributed by atoms with Crippen LogP contribution < -0.4 is 9.47 Å². The van der Waals surface area contributed by atoms with Crippen LogP contribution in [0.2, 0.25) is 0 Å². The molecule has 2 aromatic carbocycles. The van der Waals surface area contributed by atoms with Gasteiger partial charge in [-0.1, -0.05) is 23.8 Å². The van der Waals surface area contributed by atoms with E-state index in [1.165, 1.54) is 0 Å². The van der Waals surface area contributed by atoms with Gasteiger partial charge in [0, 0.05) is 5.56 Å². The van der Waals surface area contributed by atoms with Gasteiger partial charge < -0.3 is 18.9 Å². The molecule has 0 N–H and O–H groups in total. The minimum Gasteiger partial charge on any atom is -0.490 e. The van der Waals surface area contributed by atoms with E-state index in [0.29, 0.717) is 23.7 Å². The normalized spacial score (nSPS) is 14.3. The first-order chi connectivity index (χ1) is 14.5. The Bertz CT molecular complexity index is 991. The lowest BCUT2D eigenvalue weighted by molar-refractivity contribution is -0.145. The molecule has 0 saturated heterocycles. The van der Waals surface area contributed by atoms with Crippen LogP contribution in [0, 0.1) is 6.92 Å². The van der Waals surface area contributed by atoms with Crippen molar-refractivity contribution in [3.05, 3.63) is 64.9 Å². The first kappa shape index (κ1) is 21.1. The van der Waals surface area contributed by atoms with Crippen LogP contribution in [0.1, 0.15) is 30.5 Å². The van der Waals surface area contributed by atoms with E-state index in [9.17, 15) is 9.59 Å². The molecular formula is C23H23NO6. The van der Waals surface area contributed by atoms with E-state index >= 15 is 0 Å². The second kappa shape index (κ2) is 9.73. The van der Waals surface area contributed by atoms with Gasteiger partial charge in [0.05, 0.1) is 13.2 Å². The molecule has 1 aliphatic rings. The van der Waals surface area contributed by atoms with Crippen LogP contribution in [0.5, 0.6) is 11.5 Å². The van der Waals surface area contributed by atoms with Gasteiger partial charge in [0.25, 0.3) is 0 Å². The molecule has 0 saturated carbocycles. The van der Waals surface area contributed by atoms with Crippen molar-refractivity contribution in [3.8, 4) is 11.5 Å². The summed E-state index contributed by atoms with van der Waals surface area (Å²) in [6.07, 6.45) is 1.61. The molecule has 0 fully saturated rings. The van der Waals surface area contributed by atoms with Gasteiger partial charge in [-0.2, -0.15) is 0 Å². The van der Waals surface area contributed by atoms with Gasteiger partial charge >= 0.3 is 11.9 Å². The fourth-order valence-electron chi connectivity index (χ4n) is 2.73. The van der Waals surface area contributed by atoms with Crippen molar-refractivity contribution in [1.29, 1.82) is 0 Å². The molecule has 0 aliphatic carbocycles. The van der Waals surface area contributed by atoms with Crippen molar-refractivity contribution in [2.75, 3.05) is 19.8 Å². The highest BCUT2D eigenvalue weighted by atomic mass is 16.6. The molecule has 0 spiro atoms. The number of esters is 2. The Labute approximate surface area is 174 Å². The Morgan fingerprint density at radius 3 is 2.50 bits per heavy atom. The van der Waals surface area contributed by atoms with Crippen molar-refractivity contribution in [1.82, 2.24) is 0 Å². The molecule has 0 unspecified atom stereocenters. The summed E-state index contributed by atoms with van der Waals surface area (Å²) in [5.74, 6) is 0.143. The molecule has 7 heteroatoms. The Kier molecular flexibility index (Phi) is 6.85. The third-order valence-corrected chi connectivity index (χ3v) is 4.14. The van der Waals surface area contributed by atoms with Crippen molar-refractivity contribution >= 4 is 23.9 Å². The minimum absolute atomic E-state index is 0.188. The highest BCUT2D eigenvalue weighted by Crippen LogP contribution is 2.30. The molecule has 1 aliphatic heterocycles. The number of benzene rings is 2. The lowest BCUT2D eigenvalue weighted by Crippen LogP contribution is -2.15. The Hall–Kier alpha value is -3.61. The van der Waals surface area contributed by atoms with Gasteiger partial charge in [-0.3, -0.25) is 0 Å². The minimum atomic E-state index is -0.522. The lowest BCUT2D eigenvalue weighted by atomic mass is 10.1. The smallest absolute Gasteiger partial charge is 0.363 e. The van der Waals surface area contributed by atoms with Gasteiger partial charge in [0.1, 0.15) is 0 Å². The van der Waals surface area contributed by atoms with E-state index < -0.39 is 11.9 Å². The van der Waals surface area contributed by atoms with Crippen LogP contribution in [0.3, 0.4) is 0 Å². The number of aryl methyl sites for hydroxylation is 1. The fraction of sp³-hybridized carbons (Fsp3) is 0.261. The zero-order valence-corrected chi connectivity index (χ0v) is 17.1. The third kappa shape index (κ3) is 5.26. The zero-order chi connectivity index (χ0) is 21.5. The van der Waals surface area contributed by atoms with Crippen LogP contribution in [-0.2, 0) is 19.1 Å². The number of aliphatic imine (C=N–C) groups is 1. The highest BCUT2D eigenvalue weighted by Gasteiger charge is 2.24. The summed E-state index contributed by atoms with van der Waals surface area (Å²) in [5.41, 5.74) is 2.71. The molecular weight excluding hydrogens is 386 g/mol. The molecule has 30 heavy (non-hydrogen) atoms. The lowest BCUT2D eigenvalue weighted by Gasteiger charge is -2.12. The van der Waals surface area contributed by atoms with Crippen LogP contribution in [0.4, 0.5) is 0 Å². The standard InChI is InChI=1S/C23H23NO6/c1-4-27-20-13-16(8-11-19(20)29-14-21(25)28-5-2)12-18-23(26)30-22(24-18)17-9-6-15(3)7-10-17/h6-13H,4-5,14H2,1-3H3/b18-12-.